The van der Waals surface area contributed by atoms with Crippen LogP contribution in [-0.2, 0) is 0 Å². The molecule has 0 aliphatic heterocycles. The first-order valence-corrected chi connectivity index (χ1v) is 15.5. The highest BCUT2D eigenvalue weighted by Crippen LogP contribution is 2.42. The summed E-state index contributed by atoms with van der Waals surface area (Å²) in [6, 6.07) is 0. The molecule has 2 N–H and O–H groups in total. The van der Waals surface area contributed by atoms with Gasteiger partial charge in [-0.05, 0) is 89.2 Å². The summed E-state index contributed by atoms with van der Waals surface area (Å²) in [6.07, 6.45) is 32.6. The average molecular weight is 569 g/mol. The summed E-state index contributed by atoms with van der Waals surface area (Å²) in [4.78, 5) is 0. The molecule has 0 amide bonds. The van der Waals surface area contributed by atoms with Crippen LogP contribution in [0.1, 0.15) is 94.9 Å². The molecule has 42 heavy (non-hydrogen) atoms. The first kappa shape index (κ1) is 35.3. The second kappa shape index (κ2) is 16.1. The molecule has 0 radical (unpaired) electrons. The van der Waals surface area contributed by atoms with Crippen LogP contribution in [0.5, 0.6) is 0 Å². The maximum atomic E-state index is 10.1. The van der Waals surface area contributed by atoms with Gasteiger partial charge in [0, 0.05) is 0 Å². The summed E-state index contributed by atoms with van der Waals surface area (Å²) >= 11 is 0. The van der Waals surface area contributed by atoms with Gasteiger partial charge in [-0.15, -0.1) is 0 Å². The Kier molecular flexibility index (Phi) is 13.5. The summed E-state index contributed by atoms with van der Waals surface area (Å²) in [7, 11) is 0. The highest BCUT2D eigenvalue weighted by atomic mass is 16.3. The Labute approximate surface area is 257 Å². The molecule has 2 aliphatic carbocycles. The van der Waals surface area contributed by atoms with Crippen molar-refractivity contribution in [1.29, 1.82) is 0 Å². The Morgan fingerprint density at radius 2 is 0.857 bits per heavy atom. The van der Waals surface area contributed by atoms with Crippen molar-refractivity contribution in [2.45, 2.75) is 107 Å². The lowest BCUT2D eigenvalue weighted by molar-refractivity contribution is 0.116. The number of hydrogen-bond acceptors (Lipinski definition) is 2. The van der Waals surface area contributed by atoms with Crippen molar-refractivity contribution in [2.24, 2.45) is 10.8 Å². The second-order valence-corrected chi connectivity index (χ2v) is 13.7. The number of aliphatic hydroxyl groups excluding tert-OH is 2. The van der Waals surface area contributed by atoms with Gasteiger partial charge in [0.05, 0.1) is 12.2 Å². The molecule has 228 valence electrons. The highest BCUT2D eigenvalue weighted by molar-refractivity contribution is 5.39. The first-order valence-electron chi connectivity index (χ1n) is 15.5. The summed E-state index contributed by atoms with van der Waals surface area (Å²) < 4.78 is 0. The van der Waals surface area contributed by atoms with E-state index in [2.05, 4.69) is 154 Å². The van der Waals surface area contributed by atoms with E-state index in [1.54, 1.807) is 0 Å². The maximum absolute atomic E-state index is 10.1. The van der Waals surface area contributed by atoms with Crippen LogP contribution in [0.15, 0.2) is 130 Å². The van der Waals surface area contributed by atoms with Crippen molar-refractivity contribution in [2.75, 3.05) is 0 Å². The van der Waals surface area contributed by atoms with Crippen LogP contribution in [0.25, 0.3) is 0 Å². The van der Waals surface area contributed by atoms with E-state index in [-0.39, 0.29) is 23.0 Å². The van der Waals surface area contributed by atoms with E-state index < -0.39 is 0 Å². The normalized spacial score (nSPS) is 25.0. The molecule has 2 rings (SSSR count). The van der Waals surface area contributed by atoms with Gasteiger partial charge in [-0.2, -0.15) is 0 Å². The summed E-state index contributed by atoms with van der Waals surface area (Å²) in [5.74, 6) is 0. The van der Waals surface area contributed by atoms with Gasteiger partial charge in [0.2, 0.25) is 0 Å². The molecule has 0 saturated heterocycles. The standard InChI is InChI=1S/C40H56O2/c1-29(17-13-19-31(3)21-23-37-33(5)25-35(41)27-39(37,7)8)15-11-12-16-30(2)18-14-20-32(4)22-24-38-34(6)26-36(42)28-40(38,9)10/h11-24,35-36,41-42H,25-28H2,1-10H3/b12-11-,17-13-,18-14+,23-21+,24-22+,29-15-,30-16+,31-19-,32-20+/t35-,36-/m0/s1. The summed E-state index contributed by atoms with van der Waals surface area (Å²) in [6.45, 7) is 21.6. The predicted octanol–water partition coefficient (Wildman–Crippen LogP) is 10.5. The van der Waals surface area contributed by atoms with Crippen molar-refractivity contribution in [1.82, 2.24) is 0 Å². The van der Waals surface area contributed by atoms with Gasteiger partial charge >= 0.3 is 0 Å². The molecule has 0 aromatic rings. The third-order valence-corrected chi connectivity index (χ3v) is 8.24. The number of aliphatic hydroxyl groups is 2. The van der Waals surface area contributed by atoms with Crippen LogP contribution in [0.4, 0.5) is 0 Å². The fourth-order valence-electron chi connectivity index (χ4n) is 6.13. The molecule has 0 aromatic carbocycles. The lowest BCUT2D eigenvalue weighted by atomic mass is 9.71. The van der Waals surface area contributed by atoms with Gasteiger partial charge in [0.15, 0.2) is 0 Å². The molecule has 2 atom stereocenters. The third kappa shape index (κ3) is 11.7. The SMILES string of the molecule is CC1=C(/C=C/C(C)=C\C=C/C(C)=C\C=C/C=C(C)/C=C/C=C(C)/C=C/C2=C(C)C[C@H](O)CC2(C)C)C(C)(C)C[C@@H](O)C1. The fraction of sp³-hybridized carbons (Fsp3) is 0.450. The van der Waals surface area contributed by atoms with Gasteiger partial charge in [-0.1, -0.05) is 146 Å². The van der Waals surface area contributed by atoms with E-state index in [4.69, 9.17) is 0 Å². The smallest absolute Gasteiger partial charge is 0.0585 e. The van der Waals surface area contributed by atoms with E-state index in [1.165, 1.54) is 44.6 Å². The number of allylic oxidation sites excluding steroid dienone is 20. The average Bonchev–Trinajstić information content (AvgIpc) is 2.84. The fourth-order valence-corrected chi connectivity index (χ4v) is 6.13. The van der Waals surface area contributed by atoms with Crippen molar-refractivity contribution >= 4 is 0 Å². The Morgan fingerprint density at radius 1 is 0.548 bits per heavy atom. The van der Waals surface area contributed by atoms with E-state index in [9.17, 15) is 10.2 Å². The Hall–Kier alpha value is -2.94. The van der Waals surface area contributed by atoms with E-state index in [0.717, 1.165) is 25.7 Å². The van der Waals surface area contributed by atoms with E-state index in [0.29, 0.717) is 0 Å². The topological polar surface area (TPSA) is 40.5 Å². The molecule has 0 saturated carbocycles. The van der Waals surface area contributed by atoms with Gasteiger partial charge in [0.1, 0.15) is 0 Å². The second-order valence-electron chi connectivity index (χ2n) is 13.7. The van der Waals surface area contributed by atoms with Crippen LogP contribution in [0.2, 0.25) is 0 Å². The molecule has 2 nitrogen and oxygen atoms in total. The number of rotatable bonds is 10. The largest absolute Gasteiger partial charge is 0.393 e. The molecule has 0 fully saturated rings. The lowest BCUT2D eigenvalue weighted by Gasteiger charge is -2.35. The maximum Gasteiger partial charge on any atom is 0.0585 e. The summed E-state index contributed by atoms with van der Waals surface area (Å²) in [5.41, 5.74) is 10.1. The molecular formula is C40H56O2. The minimum atomic E-state index is -0.227. The van der Waals surface area contributed by atoms with E-state index >= 15 is 0 Å². The first-order chi connectivity index (χ1) is 19.6. The zero-order chi connectivity index (χ0) is 31.5. The van der Waals surface area contributed by atoms with E-state index in [1.807, 2.05) is 0 Å². The number of hydrogen-bond donors (Lipinski definition) is 2. The van der Waals surface area contributed by atoms with Crippen molar-refractivity contribution in [3.63, 3.8) is 0 Å². The highest BCUT2D eigenvalue weighted by Gasteiger charge is 2.32. The molecular weight excluding hydrogens is 512 g/mol. The van der Waals surface area contributed by atoms with Crippen LogP contribution < -0.4 is 0 Å². The molecule has 2 aliphatic rings. The quantitative estimate of drug-likeness (QED) is 0.257. The van der Waals surface area contributed by atoms with Crippen molar-refractivity contribution in [3.8, 4) is 0 Å². The van der Waals surface area contributed by atoms with Crippen LogP contribution in [0, 0.1) is 10.8 Å². The van der Waals surface area contributed by atoms with Gasteiger partial charge in [-0.3, -0.25) is 0 Å². The monoisotopic (exact) mass is 568 g/mol. The molecule has 0 unspecified atom stereocenters. The molecule has 0 spiro atoms. The van der Waals surface area contributed by atoms with Gasteiger partial charge in [-0.25, -0.2) is 0 Å². The van der Waals surface area contributed by atoms with Crippen LogP contribution in [-0.4, -0.2) is 22.4 Å². The Balaban J connectivity index is 1.90. The molecule has 0 aromatic heterocycles. The van der Waals surface area contributed by atoms with Crippen LogP contribution >= 0.6 is 0 Å². The molecule has 0 heterocycles. The zero-order valence-corrected chi connectivity index (χ0v) is 28.0. The molecule has 2 heteroatoms. The Bertz CT molecular complexity index is 1190. The zero-order valence-electron chi connectivity index (χ0n) is 28.0. The van der Waals surface area contributed by atoms with Gasteiger partial charge < -0.3 is 10.2 Å². The third-order valence-electron chi connectivity index (χ3n) is 8.24. The minimum absolute atomic E-state index is 0.00547. The molecule has 0 bridgehead atoms. The Morgan fingerprint density at radius 3 is 1.19 bits per heavy atom. The lowest BCUT2D eigenvalue weighted by Crippen LogP contribution is -2.28. The van der Waals surface area contributed by atoms with Crippen molar-refractivity contribution in [3.05, 3.63) is 130 Å². The predicted molar refractivity (Wildman–Crippen MR) is 184 cm³/mol. The van der Waals surface area contributed by atoms with Gasteiger partial charge in [0.25, 0.3) is 0 Å². The van der Waals surface area contributed by atoms with Crippen molar-refractivity contribution < 1.29 is 10.2 Å². The summed E-state index contributed by atoms with van der Waals surface area (Å²) in [5, 5.41) is 20.2. The van der Waals surface area contributed by atoms with Crippen LogP contribution in [0.3, 0.4) is 0 Å². The minimum Gasteiger partial charge on any atom is -0.393 e.